The molecule has 1 aliphatic rings. The first-order valence-electron chi connectivity index (χ1n) is 7.63. The zero-order chi connectivity index (χ0) is 12.7. The van der Waals surface area contributed by atoms with Gasteiger partial charge in [-0.1, -0.05) is 46.0 Å². The molecule has 0 radical (unpaired) electrons. The lowest BCUT2D eigenvalue weighted by atomic mass is 9.89. The predicted molar refractivity (Wildman–Crippen MR) is 76.2 cm³/mol. The molecule has 2 unspecified atom stereocenters. The van der Waals surface area contributed by atoms with Crippen LogP contribution in [-0.4, -0.2) is 29.6 Å². The van der Waals surface area contributed by atoms with E-state index >= 15 is 0 Å². The highest BCUT2D eigenvalue weighted by Crippen LogP contribution is 2.29. The van der Waals surface area contributed by atoms with Gasteiger partial charge in [0.25, 0.3) is 0 Å². The third kappa shape index (κ3) is 4.59. The molecule has 0 aromatic rings. The van der Waals surface area contributed by atoms with Gasteiger partial charge in [-0.3, -0.25) is 4.90 Å². The zero-order valence-electron chi connectivity index (χ0n) is 12.2. The summed E-state index contributed by atoms with van der Waals surface area (Å²) in [7, 11) is 0. The van der Waals surface area contributed by atoms with E-state index in [-0.39, 0.29) is 0 Å². The lowest BCUT2D eigenvalue weighted by Gasteiger charge is -2.38. The van der Waals surface area contributed by atoms with Crippen LogP contribution in [0.3, 0.4) is 0 Å². The van der Waals surface area contributed by atoms with Crippen LogP contribution in [0.5, 0.6) is 0 Å². The molecule has 102 valence electrons. The van der Waals surface area contributed by atoms with Crippen LogP contribution >= 0.6 is 0 Å². The van der Waals surface area contributed by atoms with E-state index in [1.165, 1.54) is 57.9 Å². The molecule has 0 amide bonds. The second-order valence-electron chi connectivity index (χ2n) is 6.01. The Balaban J connectivity index is 2.29. The molecule has 0 spiro atoms. The van der Waals surface area contributed by atoms with Crippen molar-refractivity contribution in [2.45, 2.75) is 83.7 Å². The largest absolute Gasteiger partial charge is 0.326 e. The Hall–Kier alpha value is -0.0800. The SMILES string of the molecule is CCCCCCCC(C)(CC)N1CCC(N)C1. The van der Waals surface area contributed by atoms with Crippen LogP contribution in [0.25, 0.3) is 0 Å². The summed E-state index contributed by atoms with van der Waals surface area (Å²) in [6, 6.07) is 0.418. The van der Waals surface area contributed by atoms with Gasteiger partial charge in [-0.15, -0.1) is 0 Å². The third-order valence-electron chi connectivity index (χ3n) is 4.57. The second kappa shape index (κ2) is 7.38. The monoisotopic (exact) mass is 240 g/mol. The molecule has 1 saturated heterocycles. The maximum Gasteiger partial charge on any atom is 0.0180 e. The smallest absolute Gasteiger partial charge is 0.0180 e. The van der Waals surface area contributed by atoms with E-state index in [0.717, 1.165) is 6.54 Å². The van der Waals surface area contributed by atoms with Crippen LogP contribution < -0.4 is 5.73 Å². The summed E-state index contributed by atoms with van der Waals surface area (Å²) in [6.07, 6.45) is 10.7. The van der Waals surface area contributed by atoms with Crippen LogP contribution in [0.4, 0.5) is 0 Å². The van der Waals surface area contributed by atoms with E-state index in [0.29, 0.717) is 11.6 Å². The maximum absolute atomic E-state index is 6.03. The molecular weight excluding hydrogens is 208 g/mol. The average molecular weight is 240 g/mol. The number of likely N-dealkylation sites (tertiary alicyclic amines) is 1. The van der Waals surface area contributed by atoms with Gasteiger partial charge in [0.2, 0.25) is 0 Å². The number of rotatable bonds is 8. The lowest BCUT2D eigenvalue weighted by molar-refractivity contribution is 0.114. The summed E-state index contributed by atoms with van der Waals surface area (Å²) in [6.45, 7) is 9.36. The van der Waals surface area contributed by atoms with E-state index < -0.39 is 0 Å². The maximum atomic E-state index is 6.03. The zero-order valence-corrected chi connectivity index (χ0v) is 12.2. The van der Waals surface area contributed by atoms with Gasteiger partial charge in [-0.25, -0.2) is 0 Å². The summed E-state index contributed by atoms with van der Waals surface area (Å²) in [5, 5.41) is 0. The molecule has 2 nitrogen and oxygen atoms in total. The summed E-state index contributed by atoms with van der Waals surface area (Å²) < 4.78 is 0. The molecule has 17 heavy (non-hydrogen) atoms. The van der Waals surface area contributed by atoms with Crippen molar-refractivity contribution in [1.29, 1.82) is 0 Å². The summed E-state index contributed by atoms with van der Waals surface area (Å²) in [5.74, 6) is 0. The molecule has 0 aromatic heterocycles. The van der Waals surface area contributed by atoms with Crippen molar-refractivity contribution in [2.24, 2.45) is 5.73 Å². The average Bonchev–Trinajstić information content (AvgIpc) is 2.76. The van der Waals surface area contributed by atoms with Crippen LogP contribution in [0.1, 0.15) is 72.1 Å². The second-order valence-corrected chi connectivity index (χ2v) is 6.01. The molecule has 2 heteroatoms. The molecule has 1 aliphatic heterocycles. The van der Waals surface area contributed by atoms with Gasteiger partial charge in [0.15, 0.2) is 0 Å². The highest BCUT2D eigenvalue weighted by molar-refractivity contribution is 4.91. The van der Waals surface area contributed by atoms with Gasteiger partial charge in [0.05, 0.1) is 0 Å². The lowest BCUT2D eigenvalue weighted by Crippen LogP contribution is -2.45. The molecule has 0 bridgehead atoms. The Morgan fingerprint density at radius 3 is 2.41 bits per heavy atom. The fourth-order valence-electron chi connectivity index (χ4n) is 2.95. The number of nitrogens with two attached hydrogens (primary N) is 1. The molecule has 1 rings (SSSR count). The molecule has 2 atom stereocenters. The quantitative estimate of drug-likeness (QED) is 0.657. The summed E-state index contributed by atoms with van der Waals surface area (Å²) >= 11 is 0. The molecule has 1 fully saturated rings. The topological polar surface area (TPSA) is 29.3 Å². The normalized spacial score (nSPS) is 25.1. The summed E-state index contributed by atoms with van der Waals surface area (Å²) in [5.41, 5.74) is 6.43. The molecule has 0 aliphatic carbocycles. The Labute approximate surface area is 108 Å². The minimum atomic E-state index is 0.403. The Morgan fingerprint density at radius 2 is 1.88 bits per heavy atom. The van der Waals surface area contributed by atoms with Crippen molar-refractivity contribution in [3.63, 3.8) is 0 Å². The Morgan fingerprint density at radius 1 is 1.18 bits per heavy atom. The molecule has 0 saturated carbocycles. The first-order valence-corrected chi connectivity index (χ1v) is 7.63. The van der Waals surface area contributed by atoms with Crippen LogP contribution in [0.15, 0.2) is 0 Å². The van der Waals surface area contributed by atoms with E-state index in [1.54, 1.807) is 0 Å². The van der Waals surface area contributed by atoms with Gasteiger partial charge in [-0.05, 0) is 26.2 Å². The predicted octanol–water partition coefficient (Wildman–Crippen LogP) is 3.55. The van der Waals surface area contributed by atoms with E-state index in [9.17, 15) is 0 Å². The van der Waals surface area contributed by atoms with Crippen LogP contribution in [0.2, 0.25) is 0 Å². The number of hydrogen-bond donors (Lipinski definition) is 1. The van der Waals surface area contributed by atoms with Gasteiger partial charge in [-0.2, -0.15) is 0 Å². The van der Waals surface area contributed by atoms with Crippen molar-refractivity contribution in [3.8, 4) is 0 Å². The molecule has 1 heterocycles. The standard InChI is InChI=1S/C15H32N2/c1-4-6-7-8-9-11-15(3,5-2)17-12-10-14(16)13-17/h14H,4-13,16H2,1-3H3. The van der Waals surface area contributed by atoms with E-state index in [2.05, 4.69) is 25.7 Å². The van der Waals surface area contributed by atoms with E-state index in [4.69, 9.17) is 5.73 Å². The van der Waals surface area contributed by atoms with Gasteiger partial charge >= 0.3 is 0 Å². The highest BCUT2D eigenvalue weighted by Gasteiger charge is 2.33. The Kier molecular flexibility index (Phi) is 6.50. The first-order chi connectivity index (χ1) is 8.12. The van der Waals surface area contributed by atoms with Crippen molar-refractivity contribution in [3.05, 3.63) is 0 Å². The van der Waals surface area contributed by atoms with Crippen LogP contribution in [-0.2, 0) is 0 Å². The van der Waals surface area contributed by atoms with Crippen molar-refractivity contribution in [2.75, 3.05) is 13.1 Å². The number of hydrogen-bond acceptors (Lipinski definition) is 2. The van der Waals surface area contributed by atoms with E-state index in [1.807, 2.05) is 0 Å². The van der Waals surface area contributed by atoms with Crippen LogP contribution in [0, 0.1) is 0 Å². The van der Waals surface area contributed by atoms with Crippen molar-refractivity contribution >= 4 is 0 Å². The van der Waals surface area contributed by atoms with Gasteiger partial charge in [0.1, 0.15) is 0 Å². The molecule has 2 N–H and O–H groups in total. The van der Waals surface area contributed by atoms with Gasteiger partial charge in [0, 0.05) is 24.7 Å². The minimum absolute atomic E-state index is 0.403. The highest BCUT2D eigenvalue weighted by atomic mass is 15.2. The molecular formula is C15H32N2. The van der Waals surface area contributed by atoms with Crippen molar-refractivity contribution < 1.29 is 0 Å². The third-order valence-corrected chi connectivity index (χ3v) is 4.57. The van der Waals surface area contributed by atoms with Gasteiger partial charge < -0.3 is 5.73 Å². The minimum Gasteiger partial charge on any atom is -0.326 e. The van der Waals surface area contributed by atoms with Crippen molar-refractivity contribution in [1.82, 2.24) is 4.90 Å². The number of nitrogens with zero attached hydrogens (tertiary/aromatic N) is 1. The fourth-order valence-corrected chi connectivity index (χ4v) is 2.95. The first kappa shape index (κ1) is 15.0. The number of unbranched alkanes of at least 4 members (excludes halogenated alkanes) is 4. The summed E-state index contributed by atoms with van der Waals surface area (Å²) in [4.78, 5) is 2.64. The Bertz CT molecular complexity index is 205. The fraction of sp³-hybridized carbons (Fsp3) is 1.00. The molecule has 0 aromatic carbocycles.